The van der Waals surface area contributed by atoms with E-state index in [0.29, 0.717) is 15.6 Å². The quantitative estimate of drug-likeness (QED) is 0.586. The van der Waals surface area contributed by atoms with E-state index in [1.54, 1.807) is 18.2 Å². The summed E-state index contributed by atoms with van der Waals surface area (Å²) >= 11 is 12.1. The van der Waals surface area contributed by atoms with Crippen molar-refractivity contribution in [2.24, 2.45) is 0 Å². The predicted molar refractivity (Wildman–Crippen MR) is 96.7 cm³/mol. The van der Waals surface area contributed by atoms with Crippen molar-refractivity contribution in [3.8, 4) is 5.75 Å². The van der Waals surface area contributed by atoms with Gasteiger partial charge in [-0.05, 0) is 52.0 Å². The molecule has 0 saturated carbocycles. The summed E-state index contributed by atoms with van der Waals surface area (Å²) in [4.78, 5) is 12.3. The number of carbonyl (C=O) groups excluding carboxylic acids is 1. The van der Waals surface area contributed by atoms with E-state index in [0.717, 1.165) is 11.1 Å². The second-order valence-electron chi connectivity index (χ2n) is 4.74. The molecule has 0 amide bonds. The zero-order valence-corrected chi connectivity index (χ0v) is 15.2. The van der Waals surface area contributed by atoms with E-state index >= 15 is 0 Å². The van der Waals surface area contributed by atoms with Crippen LogP contribution in [0.4, 0.5) is 0 Å². The molecule has 0 bridgehead atoms. The van der Waals surface area contributed by atoms with Crippen LogP contribution in [0, 0.1) is 0 Å². The summed E-state index contributed by atoms with van der Waals surface area (Å²) in [6.07, 6.45) is 0.127. The van der Waals surface area contributed by atoms with E-state index in [9.17, 15) is 4.79 Å². The van der Waals surface area contributed by atoms with Crippen LogP contribution in [-0.2, 0) is 0 Å². The first-order chi connectivity index (χ1) is 9.97. The van der Waals surface area contributed by atoms with E-state index in [-0.39, 0.29) is 39.1 Å². The summed E-state index contributed by atoms with van der Waals surface area (Å²) in [6.45, 7) is 3.94. The second-order valence-corrected chi connectivity index (χ2v) is 6.84. The standard InChI is InChI=1S/C16H15Cl2O2P.Li/c1-10(2)20-11-6-8-12(9-7-11)21-16(19)15-13(17)4-3-5-14(15)18;/h3-10,21H,1-2H3;. The topological polar surface area (TPSA) is 26.3 Å². The van der Waals surface area contributed by atoms with Crippen LogP contribution >= 0.6 is 31.8 Å². The van der Waals surface area contributed by atoms with Gasteiger partial charge in [0.05, 0.1) is 21.7 Å². The molecule has 2 nitrogen and oxygen atoms in total. The SMILES string of the molecule is CC(C)Oc1ccc(PC(=O)c2c(Cl)cccc2Cl)cc1.[Li]. The molecule has 2 rings (SSSR count). The molecule has 0 aliphatic rings. The third kappa shape index (κ3) is 5.31. The zero-order chi connectivity index (χ0) is 15.4. The summed E-state index contributed by atoms with van der Waals surface area (Å²) in [7, 11) is -0.0226. The van der Waals surface area contributed by atoms with Crippen molar-refractivity contribution < 1.29 is 9.53 Å². The van der Waals surface area contributed by atoms with Gasteiger partial charge in [-0.3, -0.25) is 4.79 Å². The number of benzene rings is 2. The molecule has 0 saturated heterocycles. The maximum Gasteiger partial charge on any atom is 0.188 e. The molecule has 1 radical (unpaired) electrons. The number of carbonyl (C=O) groups is 1. The van der Waals surface area contributed by atoms with Gasteiger partial charge in [0, 0.05) is 18.9 Å². The molecule has 0 spiro atoms. The molecule has 1 atom stereocenters. The van der Waals surface area contributed by atoms with E-state index in [1.807, 2.05) is 38.1 Å². The minimum absolute atomic E-state index is 0. The molecule has 0 aliphatic heterocycles. The van der Waals surface area contributed by atoms with Crippen molar-refractivity contribution >= 4 is 61.5 Å². The van der Waals surface area contributed by atoms with E-state index in [1.165, 1.54) is 0 Å². The Morgan fingerprint density at radius 1 is 1.05 bits per heavy atom. The predicted octanol–water partition coefficient (Wildman–Crippen LogP) is 4.54. The normalized spacial score (nSPS) is 10.8. The fourth-order valence-corrected chi connectivity index (χ4v) is 3.51. The molecule has 0 heterocycles. The minimum atomic E-state index is -0.0665. The smallest absolute Gasteiger partial charge is 0.188 e. The molecule has 2 aromatic carbocycles. The summed E-state index contributed by atoms with van der Waals surface area (Å²) in [5, 5.41) is 1.70. The molecule has 6 heteroatoms. The Morgan fingerprint density at radius 3 is 2.09 bits per heavy atom. The van der Waals surface area contributed by atoms with Crippen molar-refractivity contribution in [1.29, 1.82) is 0 Å². The average Bonchev–Trinajstić information content (AvgIpc) is 2.40. The summed E-state index contributed by atoms with van der Waals surface area (Å²) in [6, 6.07) is 12.6. The van der Waals surface area contributed by atoms with Crippen molar-refractivity contribution in [2.45, 2.75) is 20.0 Å². The molecule has 0 aliphatic carbocycles. The second kappa shape index (κ2) is 8.97. The first-order valence-corrected chi connectivity index (χ1v) is 8.25. The van der Waals surface area contributed by atoms with E-state index < -0.39 is 0 Å². The monoisotopic (exact) mass is 347 g/mol. The minimum Gasteiger partial charge on any atom is -0.491 e. The molecule has 0 fully saturated rings. The van der Waals surface area contributed by atoms with Gasteiger partial charge in [-0.1, -0.05) is 41.4 Å². The molecule has 0 N–H and O–H groups in total. The Labute approximate surface area is 154 Å². The third-order valence-electron chi connectivity index (χ3n) is 2.67. The van der Waals surface area contributed by atoms with Gasteiger partial charge in [0.25, 0.3) is 0 Å². The van der Waals surface area contributed by atoms with Crippen LogP contribution in [0.15, 0.2) is 42.5 Å². The van der Waals surface area contributed by atoms with Crippen molar-refractivity contribution in [1.82, 2.24) is 0 Å². The fraction of sp³-hybridized carbons (Fsp3) is 0.188. The molecule has 0 aromatic heterocycles. The first-order valence-electron chi connectivity index (χ1n) is 6.49. The van der Waals surface area contributed by atoms with Gasteiger partial charge in [-0.2, -0.15) is 0 Å². The molecular formula is C16H15Cl2LiO2P. The van der Waals surface area contributed by atoms with Gasteiger partial charge in [0.1, 0.15) is 5.75 Å². The number of ether oxygens (including phenoxy) is 1. The van der Waals surface area contributed by atoms with Crippen LogP contribution in [0.1, 0.15) is 24.2 Å². The number of hydrogen-bond acceptors (Lipinski definition) is 2. The number of rotatable bonds is 5. The Balaban J connectivity index is 0.00000242. The van der Waals surface area contributed by atoms with Crippen LogP contribution in [-0.4, -0.2) is 30.5 Å². The molecule has 1 unspecified atom stereocenters. The van der Waals surface area contributed by atoms with Crippen molar-refractivity contribution in [2.75, 3.05) is 0 Å². The van der Waals surface area contributed by atoms with Crippen LogP contribution in [0.2, 0.25) is 10.0 Å². The van der Waals surface area contributed by atoms with Crippen LogP contribution < -0.4 is 10.0 Å². The Morgan fingerprint density at radius 2 is 1.59 bits per heavy atom. The van der Waals surface area contributed by atoms with Crippen molar-refractivity contribution in [3.63, 3.8) is 0 Å². The number of halogens is 2. The van der Waals surface area contributed by atoms with Gasteiger partial charge in [-0.15, -0.1) is 0 Å². The van der Waals surface area contributed by atoms with Gasteiger partial charge < -0.3 is 4.74 Å². The Bertz CT molecular complexity index is 625. The molecular weight excluding hydrogens is 333 g/mol. The van der Waals surface area contributed by atoms with E-state index in [4.69, 9.17) is 27.9 Å². The van der Waals surface area contributed by atoms with E-state index in [2.05, 4.69) is 0 Å². The molecule has 22 heavy (non-hydrogen) atoms. The number of hydrogen-bond donors (Lipinski definition) is 0. The summed E-state index contributed by atoms with van der Waals surface area (Å²) < 4.78 is 5.57. The average molecular weight is 348 g/mol. The maximum absolute atomic E-state index is 12.3. The van der Waals surface area contributed by atoms with Crippen molar-refractivity contribution in [3.05, 3.63) is 58.1 Å². The first kappa shape index (κ1) is 19.6. The van der Waals surface area contributed by atoms with Crippen LogP contribution in [0.3, 0.4) is 0 Å². The fourth-order valence-electron chi connectivity index (χ4n) is 1.80. The maximum atomic E-state index is 12.3. The Hall–Kier alpha value is -0.483. The van der Waals surface area contributed by atoms with Gasteiger partial charge in [-0.25, -0.2) is 0 Å². The van der Waals surface area contributed by atoms with Gasteiger partial charge in [0.15, 0.2) is 5.52 Å². The zero-order valence-electron chi connectivity index (χ0n) is 12.7. The largest absolute Gasteiger partial charge is 0.491 e. The van der Waals surface area contributed by atoms with Gasteiger partial charge in [0.2, 0.25) is 0 Å². The van der Waals surface area contributed by atoms with Crippen LogP contribution in [0.5, 0.6) is 5.75 Å². The molecule has 2 aromatic rings. The Kier molecular flexibility index (Phi) is 7.98. The molecule has 111 valence electrons. The summed E-state index contributed by atoms with van der Waals surface area (Å²) in [5.74, 6) is 0.793. The van der Waals surface area contributed by atoms with Crippen LogP contribution in [0.25, 0.3) is 0 Å². The van der Waals surface area contributed by atoms with Gasteiger partial charge >= 0.3 is 0 Å². The third-order valence-corrected chi connectivity index (χ3v) is 4.40. The summed E-state index contributed by atoms with van der Waals surface area (Å²) in [5.41, 5.74) is 0.324.